The number of allylic oxidation sites excluding steroid dienone is 2. The van der Waals surface area contributed by atoms with Gasteiger partial charge in [-0.3, -0.25) is 0 Å². The summed E-state index contributed by atoms with van der Waals surface area (Å²) in [6.07, 6.45) is 4.54. The first kappa shape index (κ1) is 17.1. The molecule has 26 heavy (non-hydrogen) atoms. The van der Waals surface area contributed by atoms with Crippen molar-refractivity contribution in [2.24, 2.45) is 0 Å². The van der Waals surface area contributed by atoms with E-state index >= 15 is 0 Å². The topological polar surface area (TPSA) is 12.0 Å². The van der Waals surface area contributed by atoms with Crippen LogP contribution in [0.15, 0.2) is 72.1 Å². The zero-order valence-electron chi connectivity index (χ0n) is 14.1. The zero-order valence-corrected chi connectivity index (χ0v) is 15.2. The lowest BCUT2D eigenvalue weighted by Gasteiger charge is -2.32. The number of hydrogen-bond donors (Lipinski definition) is 1. The Hall–Kier alpha value is -2.32. The molecule has 0 saturated carbocycles. The Kier molecular flexibility index (Phi) is 4.04. The van der Waals surface area contributed by atoms with Crippen LogP contribution in [0.5, 0.6) is 0 Å². The number of nitrogens with one attached hydrogen (secondary N) is 1. The molecular weight excluding hydrogens is 354 g/mol. The summed E-state index contributed by atoms with van der Waals surface area (Å²) >= 11 is 0. The van der Waals surface area contributed by atoms with Crippen LogP contribution in [0.2, 0.25) is 0 Å². The molecule has 0 saturated heterocycles. The Balaban J connectivity index is 2.07. The molecule has 0 radical (unpaired) electrons. The molecule has 1 aliphatic carbocycles. The fourth-order valence-corrected chi connectivity index (χ4v) is 3.79. The highest BCUT2D eigenvalue weighted by Gasteiger charge is 2.33. The summed E-state index contributed by atoms with van der Waals surface area (Å²) in [4.78, 5) is 0. The first-order chi connectivity index (χ1) is 12.3. The lowest BCUT2D eigenvalue weighted by atomic mass is 9.81. The summed E-state index contributed by atoms with van der Waals surface area (Å²) in [6.45, 7) is 1.95. The summed E-state index contributed by atoms with van der Waals surface area (Å²) in [5.41, 5.74) is 1.20. The molecule has 1 heterocycles. The van der Waals surface area contributed by atoms with Gasteiger partial charge in [-0.25, -0.2) is 4.39 Å². The lowest BCUT2D eigenvalue weighted by molar-refractivity contribution is 0.103. The van der Waals surface area contributed by atoms with Crippen LogP contribution in [0.1, 0.15) is 22.3 Å². The second kappa shape index (κ2) is 6.14. The Morgan fingerprint density at radius 2 is 1.85 bits per heavy atom. The fourth-order valence-electron chi connectivity index (χ4n) is 3.54. The van der Waals surface area contributed by atoms with Crippen molar-refractivity contribution in [1.29, 1.82) is 0 Å². The third-order valence-electron chi connectivity index (χ3n) is 4.68. The quantitative estimate of drug-likeness (QED) is 0.645. The maximum atomic E-state index is 14.2. The van der Waals surface area contributed by atoms with E-state index in [1.165, 1.54) is 18.2 Å². The van der Waals surface area contributed by atoms with Crippen molar-refractivity contribution in [2.45, 2.75) is 18.6 Å². The first-order valence-electron chi connectivity index (χ1n) is 8.28. The fraction of sp³-hybridized carbons (Fsp3) is 0.143. The monoisotopic (exact) mass is 371 g/mol. The number of fused-ring (bicyclic) bond motifs is 2. The number of anilines is 1. The van der Waals surface area contributed by atoms with E-state index in [0.29, 0.717) is 16.7 Å². The molecule has 1 nitrogen and oxygen atoms in total. The molecule has 1 aliphatic heterocycles. The molecule has 0 aromatic heterocycles. The lowest BCUT2D eigenvalue weighted by Crippen LogP contribution is -2.27. The molecule has 2 unspecified atom stereocenters. The Labute approximate surface area is 152 Å². The van der Waals surface area contributed by atoms with Crippen LogP contribution >= 0.6 is 9.24 Å². The van der Waals surface area contributed by atoms with Gasteiger partial charge in [-0.2, -0.15) is 8.78 Å². The van der Waals surface area contributed by atoms with Gasteiger partial charge in [-0.15, -0.1) is 0 Å². The van der Waals surface area contributed by atoms with E-state index in [4.69, 9.17) is 0 Å². The molecule has 0 fully saturated rings. The van der Waals surface area contributed by atoms with Crippen LogP contribution in [0.3, 0.4) is 0 Å². The maximum absolute atomic E-state index is 14.2. The maximum Gasteiger partial charge on any atom is 0.284 e. The number of alkyl halides is 2. The minimum Gasteiger partial charge on any atom is -0.374 e. The number of halogens is 3. The molecule has 2 atom stereocenters. The first-order valence-corrected chi connectivity index (χ1v) is 8.86. The molecule has 4 rings (SSSR count). The Morgan fingerprint density at radius 3 is 2.62 bits per heavy atom. The molecular formula is C21H17F3NP. The van der Waals surface area contributed by atoms with Crippen LogP contribution in [0.25, 0.3) is 5.57 Å². The molecule has 0 bridgehead atoms. The van der Waals surface area contributed by atoms with Gasteiger partial charge >= 0.3 is 0 Å². The molecule has 1 N–H and O–H groups in total. The van der Waals surface area contributed by atoms with Gasteiger partial charge < -0.3 is 5.32 Å². The smallest absolute Gasteiger partial charge is 0.284 e. The molecule has 132 valence electrons. The van der Waals surface area contributed by atoms with Crippen LogP contribution in [-0.4, -0.2) is 6.04 Å². The van der Waals surface area contributed by atoms with E-state index in [1.54, 1.807) is 33.5 Å². The average molecular weight is 371 g/mol. The molecule has 2 aromatic carbocycles. The van der Waals surface area contributed by atoms with Gasteiger partial charge in [0, 0.05) is 16.8 Å². The molecule has 5 heteroatoms. The van der Waals surface area contributed by atoms with Gasteiger partial charge in [0.1, 0.15) is 5.83 Å². The van der Waals surface area contributed by atoms with Gasteiger partial charge in [0.05, 0.1) is 6.04 Å². The SMILES string of the molecule is Cc1ccc2c(c1)C(c1ccccc1C(F)(F)P)=C1C=C(F)C=CC1N2. The zero-order chi connectivity index (χ0) is 18.5. The third kappa shape index (κ3) is 2.89. The van der Waals surface area contributed by atoms with E-state index in [9.17, 15) is 13.2 Å². The normalized spacial score (nSPS) is 18.8. The van der Waals surface area contributed by atoms with Gasteiger partial charge in [0.25, 0.3) is 5.66 Å². The Bertz CT molecular complexity index is 983. The van der Waals surface area contributed by atoms with Crippen LogP contribution in [0.4, 0.5) is 18.9 Å². The van der Waals surface area contributed by atoms with Gasteiger partial charge in [-0.05, 0) is 47.9 Å². The highest BCUT2D eigenvalue weighted by molar-refractivity contribution is 7.17. The van der Waals surface area contributed by atoms with Crippen molar-refractivity contribution in [3.63, 3.8) is 0 Å². The summed E-state index contributed by atoms with van der Waals surface area (Å²) in [6, 6.07) is 12.0. The van der Waals surface area contributed by atoms with Gasteiger partial charge in [-0.1, -0.05) is 51.2 Å². The van der Waals surface area contributed by atoms with Crippen LogP contribution in [0, 0.1) is 6.92 Å². The van der Waals surface area contributed by atoms with Gasteiger partial charge in [0.2, 0.25) is 0 Å². The van der Waals surface area contributed by atoms with Crippen molar-refractivity contribution < 1.29 is 13.2 Å². The average Bonchev–Trinajstić information content (AvgIpc) is 2.59. The van der Waals surface area contributed by atoms with E-state index in [1.807, 2.05) is 25.1 Å². The minimum absolute atomic E-state index is 0.0935. The number of benzene rings is 2. The minimum atomic E-state index is -3.08. The Morgan fingerprint density at radius 1 is 1.08 bits per heavy atom. The number of hydrogen-bond acceptors (Lipinski definition) is 1. The number of aryl methyl sites for hydroxylation is 1. The highest BCUT2D eigenvalue weighted by atomic mass is 31.0. The predicted molar refractivity (Wildman–Crippen MR) is 103 cm³/mol. The second-order valence-corrected chi connectivity index (χ2v) is 7.28. The second-order valence-electron chi connectivity index (χ2n) is 6.56. The van der Waals surface area contributed by atoms with Crippen LogP contribution in [-0.2, 0) is 5.66 Å². The number of rotatable bonds is 2. The molecule has 0 amide bonds. The summed E-state index contributed by atoms with van der Waals surface area (Å²) in [5.74, 6) is -0.387. The van der Waals surface area contributed by atoms with Crippen molar-refractivity contribution in [1.82, 2.24) is 0 Å². The summed E-state index contributed by atoms with van der Waals surface area (Å²) < 4.78 is 42.5. The van der Waals surface area contributed by atoms with Crippen molar-refractivity contribution >= 4 is 20.5 Å². The van der Waals surface area contributed by atoms with E-state index in [-0.39, 0.29) is 17.4 Å². The highest BCUT2D eigenvalue weighted by Crippen LogP contribution is 2.46. The van der Waals surface area contributed by atoms with Crippen LogP contribution < -0.4 is 5.32 Å². The van der Waals surface area contributed by atoms with Crippen molar-refractivity contribution in [3.05, 3.63) is 94.3 Å². The predicted octanol–water partition coefficient (Wildman–Crippen LogP) is 5.94. The molecule has 0 spiro atoms. The van der Waals surface area contributed by atoms with E-state index < -0.39 is 5.66 Å². The summed E-state index contributed by atoms with van der Waals surface area (Å²) in [7, 11) is 1.60. The van der Waals surface area contributed by atoms with Gasteiger partial charge in [0.15, 0.2) is 0 Å². The molecule has 2 aromatic rings. The largest absolute Gasteiger partial charge is 0.374 e. The molecule has 2 aliphatic rings. The van der Waals surface area contributed by atoms with Crippen molar-refractivity contribution in [2.75, 3.05) is 5.32 Å². The van der Waals surface area contributed by atoms with Crippen molar-refractivity contribution in [3.8, 4) is 0 Å². The van der Waals surface area contributed by atoms with E-state index in [0.717, 1.165) is 16.8 Å². The summed E-state index contributed by atoms with van der Waals surface area (Å²) in [5, 5.41) is 3.36. The van der Waals surface area contributed by atoms with E-state index in [2.05, 4.69) is 5.32 Å². The standard InChI is InChI=1S/C21H17F3NP/c1-12-6-8-18-15(10-12)20(16-11-13(22)7-9-19(16)25-18)14-4-2-3-5-17(14)21(23,24)26/h2-11,19,25H,26H2,1H3. The third-order valence-corrected chi connectivity index (χ3v) is 4.99.